The van der Waals surface area contributed by atoms with Gasteiger partial charge in [-0.2, -0.15) is 0 Å². The standard InChI is InChI=1S/C8H16NO9P.H3O4P/c1-3(11)9-5-7(13)6(12)4(2-10)17-8(5)18-19(14,15)16;1-5(2,3)4/h4-8,10,12-13H,2H2,1H3,(H,9,11)(H2,14,15,16);(H3,1,2,3,4)/t4-,5-,6-,7-,8?;/m1./s1. The minimum Gasteiger partial charge on any atom is -0.394 e. The lowest BCUT2D eigenvalue weighted by Crippen LogP contribution is -2.64. The van der Waals surface area contributed by atoms with Crippen molar-refractivity contribution in [2.24, 2.45) is 0 Å². The van der Waals surface area contributed by atoms with Gasteiger partial charge in [0.15, 0.2) is 6.29 Å². The average molecular weight is 399 g/mol. The molecule has 0 aromatic heterocycles. The number of hydrogen-bond acceptors (Lipinski definition) is 8. The summed E-state index contributed by atoms with van der Waals surface area (Å²) in [6.07, 6.45) is -6.17. The van der Waals surface area contributed by atoms with Crippen molar-refractivity contribution in [2.75, 3.05) is 6.61 Å². The quantitative estimate of drug-likeness (QED) is 0.206. The molecule has 1 amide bonds. The number of aliphatic hydroxyl groups excluding tert-OH is 3. The number of carbonyl (C=O) groups is 1. The maximum Gasteiger partial charge on any atom is 0.472 e. The third kappa shape index (κ3) is 9.74. The predicted molar refractivity (Wildman–Crippen MR) is 72.8 cm³/mol. The summed E-state index contributed by atoms with van der Waals surface area (Å²) < 4.78 is 28.9. The molecule has 0 aromatic carbocycles. The highest BCUT2D eigenvalue weighted by atomic mass is 31.2. The first-order chi connectivity index (χ1) is 10.7. The molecule has 0 spiro atoms. The molecule has 0 aliphatic carbocycles. The molecule has 0 saturated carbocycles. The molecule has 14 nitrogen and oxygen atoms in total. The molecule has 1 heterocycles. The van der Waals surface area contributed by atoms with Gasteiger partial charge in [0.1, 0.15) is 24.4 Å². The highest BCUT2D eigenvalue weighted by Gasteiger charge is 2.47. The smallest absolute Gasteiger partial charge is 0.394 e. The molecule has 1 aliphatic rings. The molecule has 1 aliphatic heterocycles. The summed E-state index contributed by atoms with van der Waals surface area (Å²) in [6.45, 7) is 0.401. The SMILES string of the molecule is CC(=O)N[C@H]1C(OP(=O)(O)O)O[C@H](CO)[C@@H](O)[C@@H]1O.O=P(O)(O)O. The van der Waals surface area contributed by atoms with Crippen molar-refractivity contribution in [1.82, 2.24) is 5.32 Å². The number of phosphoric ester groups is 1. The summed E-state index contributed by atoms with van der Waals surface area (Å²) in [5, 5.41) is 30.5. The van der Waals surface area contributed by atoms with Crippen LogP contribution in [0, 0.1) is 0 Å². The highest BCUT2D eigenvalue weighted by molar-refractivity contribution is 7.46. The van der Waals surface area contributed by atoms with Crippen LogP contribution in [0.2, 0.25) is 0 Å². The second kappa shape index (κ2) is 9.29. The number of aliphatic hydroxyl groups is 3. The van der Waals surface area contributed by atoms with E-state index in [1.54, 1.807) is 0 Å². The van der Waals surface area contributed by atoms with E-state index < -0.39 is 58.8 Å². The average Bonchev–Trinajstić information content (AvgIpc) is 2.34. The van der Waals surface area contributed by atoms with E-state index in [9.17, 15) is 19.6 Å². The number of rotatable bonds is 4. The Labute approximate surface area is 135 Å². The summed E-state index contributed by atoms with van der Waals surface area (Å²) in [6, 6.07) is -1.39. The fourth-order valence-corrected chi connectivity index (χ4v) is 2.15. The molecule has 1 unspecified atom stereocenters. The fraction of sp³-hybridized carbons (Fsp3) is 0.875. The number of ether oxygens (including phenoxy) is 1. The van der Waals surface area contributed by atoms with Gasteiger partial charge in [-0.05, 0) is 0 Å². The van der Waals surface area contributed by atoms with Crippen molar-refractivity contribution in [1.29, 1.82) is 0 Å². The summed E-state index contributed by atoms with van der Waals surface area (Å²) in [7, 11) is -9.59. The first kappa shape index (κ1) is 23.5. The monoisotopic (exact) mass is 399 g/mol. The molecule has 1 saturated heterocycles. The number of phosphoric acid groups is 2. The number of amides is 1. The molecule has 1 fully saturated rings. The van der Waals surface area contributed by atoms with Crippen LogP contribution in [0.4, 0.5) is 0 Å². The zero-order valence-electron chi connectivity index (χ0n) is 12.1. The predicted octanol–water partition coefficient (Wildman–Crippen LogP) is -3.89. The van der Waals surface area contributed by atoms with Gasteiger partial charge in [-0.3, -0.25) is 9.32 Å². The lowest BCUT2D eigenvalue weighted by Gasteiger charge is -2.41. The van der Waals surface area contributed by atoms with E-state index in [4.69, 9.17) is 38.9 Å². The highest BCUT2D eigenvalue weighted by Crippen LogP contribution is 2.40. The van der Waals surface area contributed by atoms with Gasteiger partial charge >= 0.3 is 15.6 Å². The molecule has 0 aromatic rings. The van der Waals surface area contributed by atoms with Crippen LogP contribution in [-0.2, 0) is 23.2 Å². The molecule has 0 bridgehead atoms. The summed E-state index contributed by atoms with van der Waals surface area (Å²) in [5.74, 6) is -0.624. The summed E-state index contributed by atoms with van der Waals surface area (Å²) >= 11 is 0. The van der Waals surface area contributed by atoms with Crippen LogP contribution in [0.3, 0.4) is 0 Å². The molecule has 1 rings (SSSR count). The van der Waals surface area contributed by atoms with E-state index in [1.807, 2.05) is 0 Å². The van der Waals surface area contributed by atoms with Crippen LogP contribution < -0.4 is 5.32 Å². The zero-order chi connectivity index (χ0) is 19.3. The van der Waals surface area contributed by atoms with E-state index in [0.29, 0.717) is 0 Å². The van der Waals surface area contributed by atoms with E-state index in [2.05, 4.69) is 9.84 Å². The Bertz CT molecular complexity index is 494. The van der Waals surface area contributed by atoms with Gasteiger partial charge in [-0.15, -0.1) is 0 Å². The van der Waals surface area contributed by atoms with Crippen molar-refractivity contribution >= 4 is 21.6 Å². The van der Waals surface area contributed by atoms with Crippen molar-refractivity contribution in [2.45, 2.75) is 37.6 Å². The number of nitrogens with one attached hydrogen (secondary N) is 1. The van der Waals surface area contributed by atoms with Crippen LogP contribution in [0.5, 0.6) is 0 Å². The minimum absolute atomic E-state index is 0.624. The van der Waals surface area contributed by atoms with E-state index in [0.717, 1.165) is 6.92 Å². The Morgan fingerprint density at radius 2 is 1.58 bits per heavy atom. The van der Waals surface area contributed by atoms with Crippen LogP contribution in [0.25, 0.3) is 0 Å². The van der Waals surface area contributed by atoms with Crippen molar-refractivity contribution < 1.29 is 63.0 Å². The Morgan fingerprint density at radius 3 is 1.92 bits per heavy atom. The topological polar surface area (TPSA) is 244 Å². The second-order valence-corrected chi connectivity index (χ2v) is 6.76. The minimum atomic E-state index is -4.95. The normalized spacial score (nSPS) is 31.0. The lowest BCUT2D eigenvalue weighted by molar-refractivity contribution is -0.248. The molecule has 9 N–H and O–H groups in total. The maximum absolute atomic E-state index is 11.0. The third-order valence-electron chi connectivity index (χ3n) is 2.49. The molecule has 0 radical (unpaired) electrons. The van der Waals surface area contributed by atoms with E-state index in [1.165, 1.54) is 0 Å². The van der Waals surface area contributed by atoms with Gasteiger partial charge < -0.3 is 49.8 Å². The van der Waals surface area contributed by atoms with Crippen LogP contribution >= 0.6 is 15.6 Å². The second-order valence-electron chi connectivity index (χ2n) is 4.54. The first-order valence-corrected chi connectivity index (χ1v) is 9.17. The largest absolute Gasteiger partial charge is 0.472 e. The first-order valence-electron chi connectivity index (χ1n) is 6.07. The molecular formula is C8H19NO13P2. The van der Waals surface area contributed by atoms with Gasteiger partial charge in [0.2, 0.25) is 5.91 Å². The Kier molecular flexibility index (Phi) is 9.11. The Morgan fingerprint density at radius 1 is 1.12 bits per heavy atom. The molecular weight excluding hydrogens is 380 g/mol. The Balaban J connectivity index is 0.000000922. The Hall–Kier alpha value is -0.470. The molecule has 24 heavy (non-hydrogen) atoms. The van der Waals surface area contributed by atoms with Gasteiger partial charge in [0.05, 0.1) is 6.61 Å². The van der Waals surface area contributed by atoms with Gasteiger partial charge in [-0.1, -0.05) is 0 Å². The maximum atomic E-state index is 11.0. The fourth-order valence-electron chi connectivity index (χ4n) is 1.70. The summed E-state index contributed by atoms with van der Waals surface area (Å²) in [4.78, 5) is 50.0. The number of hydrogen-bond donors (Lipinski definition) is 9. The van der Waals surface area contributed by atoms with Crippen molar-refractivity contribution in [3.8, 4) is 0 Å². The molecule has 16 heteroatoms. The summed E-state index contributed by atoms with van der Waals surface area (Å²) in [5.41, 5.74) is 0. The lowest BCUT2D eigenvalue weighted by atomic mass is 9.97. The van der Waals surface area contributed by atoms with Crippen LogP contribution in [-0.4, -0.2) is 82.9 Å². The van der Waals surface area contributed by atoms with Gasteiger partial charge in [-0.25, -0.2) is 9.13 Å². The van der Waals surface area contributed by atoms with Crippen molar-refractivity contribution in [3.63, 3.8) is 0 Å². The van der Waals surface area contributed by atoms with Crippen LogP contribution in [0.15, 0.2) is 0 Å². The van der Waals surface area contributed by atoms with Crippen LogP contribution in [0.1, 0.15) is 6.92 Å². The van der Waals surface area contributed by atoms with Gasteiger partial charge in [0, 0.05) is 6.92 Å². The van der Waals surface area contributed by atoms with Gasteiger partial charge in [0.25, 0.3) is 0 Å². The third-order valence-corrected chi connectivity index (χ3v) is 2.97. The van der Waals surface area contributed by atoms with E-state index in [-0.39, 0.29) is 0 Å². The number of carbonyl (C=O) groups excluding carboxylic acids is 1. The van der Waals surface area contributed by atoms with Crippen molar-refractivity contribution in [3.05, 3.63) is 0 Å². The molecule has 144 valence electrons. The van der Waals surface area contributed by atoms with E-state index >= 15 is 0 Å². The zero-order valence-corrected chi connectivity index (χ0v) is 13.9. The molecule has 5 atom stereocenters.